The fraction of sp³-hybridized carbons (Fsp3) is 0.500. The zero-order valence-electron chi connectivity index (χ0n) is 11.5. The summed E-state index contributed by atoms with van der Waals surface area (Å²) in [6.45, 7) is 1.79. The zero-order chi connectivity index (χ0) is 15.7. The quantitative estimate of drug-likeness (QED) is 0.320. The van der Waals surface area contributed by atoms with Gasteiger partial charge in [-0.3, -0.25) is 14.9 Å². The maximum absolute atomic E-state index is 11.9. The van der Waals surface area contributed by atoms with Crippen molar-refractivity contribution in [3.8, 4) is 0 Å². The van der Waals surface area contributed by atoms with Crippen molar-refractivity contribution in [2.45, 2.75) is 6.42 Å². The van der Waals surface area contributed by atoms with Crippen LogP contribution in [0.2, 0.25) is 5.15 Å². The number of rotatable bonds is 9. The summed E-state index contributed by atoms with van der Waals surface area (Å²) in [5.74, 6) is -0.567. The molecule has 0 unspecified atom stereocenters. The van der Waals surface area contributed by atoms with Crippen LogP contribution in [0.15, 0.2) is 12.3 Å². The first-order valence-corrected chi connectivity index (χ1v) is 6.59. The predicted octanol–water partition coefficient (Wildman–Crippen LogP) is 1.43. The highest BCUT2D eigenvalue weighted by molar-refractivity contribution is 6.32. The number of carbonyl (C=O) groups excluding carboxylic acids is 1. The Morgan fingerprint density at radius 1 is 1.48 bits per heavy atom. The Hall–Kier alpha value is -1.77. The third-order valence-electron chi connectivity index (χ3n) is 2.49. The van der Waals surface area contributed by atoms with E-state index >= 15 is 0 Å². The molecule has 116 valence electrons. The summed E-state index contributed by atoms with van der Waals surface area (Å²) in [5.41, 5.74) is -0.603. The van der Waals surface area contributed by atoms with Crippen LogP contribution in [0.25, 0.3) is 0 Å². The van der Waals surface area contributed by atoms with Crippen LogP contribution in [-0.4, -0.2) is 49.3 Å². The van der Waals surface area contributed by atoms with E-state index in [9.17, 15) is 14.9 Å². The average molecular weight is 318 g/mol. The number of amides is 1. The van der Waals surface area contributed by atoms with Crippen molar-refractivity contribution in [3.05, 3.63) is 33.1 Å². The van der Waals surface area contributed by atoms with Gasteiger partial charge in [-0.15, -0.1) is 0 Å². The summed E-state index contributed by atoms with van der Waals surface area (Å²) in [6, 6.07) is 1.26. The fourth-order valence-electron chi connectivity index (χ4n) is 1.50. The third kappa shape index (κ3) is 5.62. The van der Waals surface area contributed by atoms with Gasteiger partial charge in [0.1, 0.15) is 5.56 Å². The highest BCUT2D eigenvalue weighted by Crippen LogP contribution is 2.25. The number of ether oxygens (including phenoxy) is 2. The highest BCUT2D eigenvalue weighted by atomic mass is 35.5. The molecule has 1 heterocycles. The number of carbonyl (C=O) groups is 1. The smallest absolute Gasteiger partial charge is 0.319 e. The van der Waals surface area contributed by atoms with E-state index in [1.165, 1.54) is 12.3 Å². The van der Waals surface area contributed by atoms with Crippen LogP contribution >= 0.6 is 11.6 Å². The summed E-state index contributed by atoms with van der Waals surface area (Å²) in [6.07, 6.45) is 1.83. The summed E-state index contributed by atoms with van der Waals surface area (Å²) in [5, 5.41) is 13.2. The van der Waals surface area contributed by atoms with E-state index < -0.39 is 16.5 Å². The van der Waals surface area contributed by atoms with Crippen molar-refractivity contribution in [1.82, 2.24) is 10.3 Å². The largest absolute Gasteiger partial charge is 0.382 e. The number of methoxy groups -OCH3 is 1. The molecule has 1 aromatic rings. The van der Waals surface area contributed by atoms with Gasteiger partial charge in [0.2, 0.25) is 5.15 Å². The maximum Gasteiger partial charge on any atom is 0.319 e. The topological polar surface area (TPSA) is 104 Å². The van der Waals surface area contributed by atoms with E-state index in [1.54, 1.807) is 7.11 Å². The molecule has 0 aliphatic rings. The van der Waals surface area contributed by atoms with E-state index in [0.717, 1.165) is 0 Å². The van der Waals surface area contributed by atoms with Gasteiger partial charge in [0.15, 0.2) is 0 Å². The van der Waals surface area contributed by atoms with Crippen LogP contribution in [0.4, 0.5) is 5.69 Å². The monoisotopic (exact) mass is 317 g/mol. The van der Waals surface area contributed by atoms with Gasteiger partial charge >= 0.3 is 5.69 Å². The van der Waals surface area contributed by atoms with Gasteiger partial charge in [-0.1, -0.05) is 11.6 Å². The van der Waals surface area contributed by atoms with E-state index in [-0.39, 0.29) is 10.7 Å². The molecular weight excluding hydrogens is 302 g/mol. The number of hydrogen-bond donors (Lipinski definition) is 1. The van der Waals surface area contributed by atoms with Gasteiger partial charge in [-0.2, -0.15) is 0 Å². The number of nitrogens with zero attached hydrogens (tertiary/aromatic N) is 2. The number of halogens is 1. The average Bonchev–Trinajstić information content (AvgIpc) is 2.45. The minimum Gasteiger partial charge on any atom is -0.382 e. The van der Waals surface area contributed by atoms with Crippen LogP contribution in [0.1, 0.15) is 16.8 Å². The van der Waals surface area contributed by atoms with Gasteiger partial charge in [0.25, 0.3) is 5.91 Å². The minimum absolute atomic E-state index is 0.111. The second kappa shape index (κ2) is 9.22. The molecule has 0 saturated heterocycles. The van der Waals surface area contributed by atoms with Crippen LogP contribution in [-0.2, 0) is 9.47 Å². The SMILES string of the molecule is COCCOCCCNC(=O)c1ccnc(Cl)c1[N+](=O)[O-]. The van der Waals surface area contributed by atoms with Gasteiger partial charge in [0.05, 0.1) is 18.1 Å². The lowest BCUT2D eigenvalue weighted by molar-refractivity contribution is -0.385. The molecule has 1 rings (SSSR count). The first-order chi connectivity index (χ1) is 10.1. The highest BCUT2D eigenvalue weighted by Gasteiger charge is 2.24. The van der Waals surface area contributed by atoms with Crippen LogP contribution < -0.4 is 5.32 Å². The number of nitro groups is 1. The first kappa shape index (κ1) is 17.3. The molecule has 0 bridgehead atoms. The Labute approximate surface area is 126 Å². The Kier molecular flexibility index (Phi) is 7.59. The molecule has 9 heteroatoms. The molecule has 0 aliphatic carbocycles. The molecule has 0 aromatic carbocycles. The van der Waals surface area contributed by atoms with Crippen LogP contribution in [0.5, 0.6) is 0 Å². The Bertz CT molecular complexity index is 498. The lowest BCUT2D eigenvalue weighted by Gasteiger charge is -2.07. The predicted molar refractivity (Wildman–Crippen MR) is 75.5 cm³/mol. The summed E-state index contributed by atoms with van der Waals surface area (Å²) in [4.78, 5) is 25.7. The summed E-state index contributed by atoms with van der Waals surface area (Å²) >= 11 is 5.64. The molecule has 0 fully saturated rings. The van der Waals surface area contributed by atoms with Gasteiger partial charge in [-0.05, 0) is 12.5 Å². The summed E-state index contributed by atoms with van der Waals surface area (Å²) < 4.78 is 10.0. The first-order valence-electron chi connectivity index (χ1n) is 6.21. The number of hydrogen-bond acceptors (Lipinski definition) is 6. The second-order valence-electron chi connectivity index (χ2n) is 3.97. The van der Waals surface area contributed by atoms with Crippen molar-refractivity contribution in [2.75, 3.05) is 33.5 Å². The standard InChI is InChI=1S/C12H16ClN3O5/c1-20-7-8-21-6-2-4-15-12(17)9-3-5-14-11(13)10(9)16(18)19/h3,5H,2,4,6-8H2,1H3,(H,15,17). The lowest BCUT2D eigenvalue weighted by atomic mass is 10.2. The van der Waals surface area contributed by atoms with Crippen molar-refractivity contribution in [1.29, 1.82) is 0 Å². The zero-order valence-corrected chi connectivity index (χ0v) is 12.3. The normalized spacial score (nSPS) is 10.4. The molecule has 1 N–H and O–H groups in total. The van der Waals surface area contributed by atoms with Crippen molar-refractivity contribution >= 4 is 23.2 Å². The molecule has 1 aromatic heterocycles. The Balaban J connectivity index is 2.46. The molecule has 1 amide bonds. The van der Waals surface area contributed by atoms with E-state index in [2.05, 4.69) is 10.3 Å². The molecule has 0 spiro atoms. The number of aromatic nitrogens is 1. The minimum atomic E-state index is -0.724. The molecular formula is C12H16ClN3O5. The van der Waals surface area contributed by atoms with E-state index in [1.807, 2.05) is 0 Å². The van der Waals surface area contributed by atoms with E-state index in [4.69, 9.17) is 21.1 Å². The fourth-order valence-corrected chi connectivity index (χ4v) is 1.73. The van der Waals surface area contributed by atoms with Gasteiger partial charge < -0.3 is 14.8 Å². The van der Waals surface area contributed by atoms with Crippen molar-refractivity contribution in [2.24, 2.45) is 0 Å². The number of nitrogens with one attached hydrogen (secondary N) is 1. The number of pyridine rings is 1. The third-order valence-corrected chi connectivity index (χ3v) is 2.77. The van der Waals surface area contributed by atoms with Crippen LogP contribution in [0, 0.1) is 10.1 Å². The lowest BCUT2D eigenvalue weighted by Crippen LogP contribution is -2.26. The Morgan fingerprint density at radius 3 is 2.90 bits per heavy atom. The Morgan fingerprint density at radius 2 is 2.24 bits per heavy atom. The molecule has 0 radical (unpaired) electrons. The molecule has 0 aliphatic heterocycles. The summed E-state index contributed by atoms with van der Waals surface area (Å²) in [7, 11) is 1.58. The molecule has 0 saturated carbocycles. The van der Waals surface area contributed by atoms with Crippen molar-refractivity contribution < 1.29 is 19.2 Å². The van der Waals surface area contributed by atoms with Crippen molar-refractivity contribution in [3.63, 3.8) is 0 Å². The molecule has 0 atom stereocenters. The van der Waals surface area contributed by atoms with Gasteiger partial charge in [0, 0.05) is 26.5 Å². The molecule has 21 heavy (non-hydrogen) atoms. The maximum atomic E-state index is 11.9. The molecule has 8 nitrogen and oxygen atoms in total. The van der Waals surface area contributed by atoms with Gasteiger partial charge in [-0.25, -0.2) is 4.98 Å². The van der Waals surface area contributed by atoms with Crippen LogP contribution in [0.3, 0.4) is 0 Å². The second-order valence-corrected chi connectivity index (χ2v) is 4.33. The van der Waals surface area contributed by atoms with E-state index in [0.29, 0.717) is 32.8 Å².